The summed E-state index contributed by atoms with van der Waals surface area (Å²) in [5.41, 5.74) is 3.96. The molecule has 1 aliphatic rings. The zero-order valence-corrected chi connectivity index (χ0v) is 21.5. The van der Waals surface area contributed by atoms with Crippen LogP contribution in [0.1, 0.15) is 70.2 Å². The molecule has 0 atom stereocenters. The SMILES string of the molecule is C/C(=C\CN1C(=O)c2cccc(O)c2N(C)c2c(O)cc(O)cc21)CC/C=C(\C)CCCC(C)C. The van der Waals surface area contributed by atoms with Gasteiger partial charge in [-0.1, -0.05) is 49.6 Å². The number of hydrogen-bond donors (Lipinski definition) is 3. The molecular formula is C29H38N2O4. The third-order valence-electron chi connectivity index (χ3n) is 6.51. The van der Waals surface area contributed by atoms with E-state index < -0.39 is 0 Å². The molecule has 0 unspecified atom stereocenters. The molecule has 0 aromatic heterocycles. The highest BCUT2D eigenvalue weighted by atomic mass is 16.3. The molecule has 3 rings (SSSR count). The van der Waals surface area contributed by atoms with Gasteiger partial charge in [0, 0.05) is 25.7 Å². The van der Waals surface area contributed by atoms with E-state index in [4.69, 9.17) is 0 Å². The third kappa shape index (κ3) is 6.18. The van der Waals surface area contributed by atoms with Gasteiger partial charge in [0.05, 0.1) is 16.9 Å². The highest BCUT2D eigenvalue weighted by Crippen LogP contribution is 2.49. The van der Waals surface area contributed by atoms with Gasteiger partial charge in [-0.3, -0.25) is 4.79 Å². The first-order chi connectivity index (χ1) is 16.6. The summed E-state index contributed by atoms with van der Waals surface area (Å²) in [5, 5.41) is 31.3. The van der Waals surface area contributed by atoms with Crippen molar-refractivity contribution in [2.45, 2.75) is 59.8 Å². The highest BCUT2D eigenvalue weighted by Gasteiger charge is 2.33. The molecule has 0 saturated carbocycles. The summed E-state index contributed by atoms with van der Waals surface area (Å²) < 4.78 is 0. The molecule has 1 amide bonds. The summed E-state index contributed by atoms with van der Waals surface area (Å²) in [4.78, 5) is 16.7. The van der Waals surface area contributed by atoms with Crippen LogP contribution in [0, 0.1) is 5.92 Å². The number of carbonyl (C=O) groups excluding carboxylic acids is 1. The van der Waals surface area contributed by atoms with Crippen molar-refractivity contribution in [1.29, 1.82) is 0 Å². The van der Waals surface area contributed by atoms with Gasteiger partial charge in [0.1, 0.15) is 22.9 Å². The van der Waals surface area contributed by atoms with Crippen LogP contribution in [0.2, 0.25) is 0 Å². The first-order valence-corrected chi connectivity index (χ1v) is 12.3. The van der Waals surface area contributed by atoms with E-state index in [1.165, 1.54) is 41.5 Å². The van der Waals surface area contributed by atoms with E-state index in [-0.39, 0.29) is 29.7 Å². The summed E-state index contributed by atoms with van der Waals surface area (Å²) in [6, 6.07) is 7.51. The van der Waals surface area contributed by atoms with Crippen molar-refractivity contribution >= 4 is 23.0 Å². The zero-order valence-electron chi connectivity index (χ0n) is 21.5. The van der Waals surface area contributed by atoms with E-state index in [0.717, 1.165) is 30.8 Å². The number of fused-ring (bicyclic) bond motifs is 2. The van der Waals surface area contributed by atoms with Crippen molar-refractivity contribution in [3.05, 3.63) is 59.2 Å². The number of allylic oxidation sites excluding steroid dienone is 3. The van der Waals surface area contributed by atoms with E-state index in [0.29, 0.717) is 22.6 Å². The van der Waals surface area contributed by atoms with Crippen molar-refractivity contribution < 1.29 is 20.1 Å². The normalized spacial score (nSPS) is 14.3. The van der Waals surface area contributed by atoms with Crippen molar-refractivity contribution in [3.8, 4) is 17.2 Å². The van der Waals surface area contributed by atoms with Gasteiger partial charge in [0.15, 0.2) is 0 Å². The first kappa shape index (κ1) is 26.2. The Morgan fingerprint density at radius 1 is 0.971 bits per heavy atom. The van der Waals surface area contributed by atoms with Crippen LogP contribution >= 0.6 is 0 Å². The largest absolute Gasteiger partial charge is 0.508 e. The van der Waals surface area contributed by atoms with Gasteiger partial charge >= 0.3 is 0 Å². The van der Waals surface area contributed by atoms with Crippen LogP contribution < -0.4 is 9.80 Å². The smallest absolute Gasteiger partial charge is 0.260 e. The van der Waals surface area contributed by atoms with Gasteiger partial charge in [-0.15, -0.1) is 0 Å². The molecule has 1 heterocycles. The molecule has 2 aromatic rings. The number of para-hydroxylation sites is 1. The fourth-order valence-electron chi connectivity index (χ4n) is 4.53. The van der Waals surface area contributed by atoms with E-state index in [1.807, 2.05) is 6.08 Å². The number of phenolic OH excluding ortho intramolecular Hbond substituents is 3. The maximum atomic E-state index is 13.6. The lowest BCUT2D eigenvalue weighted by molar-refractivity contribution is 0.0990. The number of amides is 1. The number of rotatable bonds is 9. The summed E-state index contributed by atoms with van der Waals surface area (Å²) in [5.74, 6) is 0.0632. The monoisotopic (exact) mass is 478 g/mol. The number of carbonyl (C=O) groups is 1. The van der Waals surface area contributed by atoms with Crippen molar-refractivity contribution in [3.63, 3.8) is 0 Å². The van der Waals surface area contributed by atoms with Gasteiger partial charge in [0.25, 0.3) is 5.91 Å². The zero-order chi connectivity index (χ0) is 25.7. The number of phenols is 3. The van der Waals surface area contributed by atoms with Gasteiger partial charge < -0.3 is 25.1 Å². The Hall–Kier alpha value is -3.41. The predicted molar refractivity (Wildman–Crippen MR) is 143 cm³/mol. The molecule has 0 radical (unpaired) electrons. The Kier molecular flexibility index (Phi) is 8.49. The van der Waals surface area contributed by atoms with E-state index in [9.17, 15) is 20.1 Å². The third-order valence-corrected chi connectivity index (χ3v) is 6.51. The Balaban J connectivity index is 1.83. The topological polar surface area (TPSA) is 84.2 Å². The minimum Gasteiger partial charge on any atom is -0.508 e. The van der Waals surface area contributed by atoms with Gasteiger partial charge in [0.2, 0.25) is 0 Å². The predicted octanol–water partition coefficient (Wildman–Crippen LogP) is 7.03. The molecule has 6 heteroatoms. The number of benzene rings is 2. The number of hydrogen-bond acceptors (Lipinski definition) is 5. The average Bonchev–Trinajstić information content (AvgIpc) is 2.86. The van der Waals surface area contributed by atoms with E-state index in [2.05, 4.69) is 33.8 Å². The van der Waals surface area contributed by atoms with Crippen LogP contribution in [0.25, 0.3) is 0 Å². The number of nitrogens with zero attached hydrogens (tertiary/aromatic N) is 2. The second-order valence-corrected chi connectivity index (χ2v) is 9.91. The molecule has 0 bridgehead atoms. The maximum Gasteiger partial charge on any atom is 0.260 e. The summed E-state index contributed by atoms with van der Waals surface area (Å²) in [7, 11) is 1.68. The molecular weight excluding hydrogens is 440 g/mol. The summed E-state index contributed by atoms with van der Waals surface area (Å²) >= 11 is 0. The number of aromatic hydroxyl groups is 3. The Labute approximate surface area is 208 Å². The van der Waals surface area contributed by atoms with Crippen LogP contribution in [-0.4, -0.2) is 34.8 Å². The van der Waals surface area contributed by atoms with Crippen molar-refractivity contribution in [1.82, 2.24) is 0 Å². The summed E-state index contributed by atoms with van der Waals surface area (Å²) in [6.45, 7) is 9.03. The molecule has 3 N–H and O–H groups in total. The van der Waals surface area contributed by atoms with Crippen LogP contribution in [0.3, 0.4) is 0 Å². The van der Waals surface area contributed by atoms with Crippen LogP contribution in [0.15, 0.2) is 53.6 Å². The molecule has 0 saturated heterocycles. The summed E-state index contributed by atoms with van der Waals surface area (Å²) in [6.07, 6.45) is 9.74. The van der Waals surface area contributed by atoms with Crippen molar-refractivity contribution in [2.24, 2.45) is 5.92 Å². The average molecular weight is 479 g/mol. The lowest BCUT2D eigenvalue weighted by Gasteiger charge is -2.25. The standard InChI is InChI=1S/C29H38N2O4/c1-19(2)9-6-10-20(3)11-7-12-21(4)15-16-31-24-17-22(32)18-26(34)28(24)30(5)27-23(29(31)35)13-8-14-25(27)33/h8,11,13-15,17-19,32-34H,6-7,9-10,12,16H2,1-5H3/b20-11+,21-15+. The highest BCUT2D eigenvalue weighted by molar-refractivity contribution is 6.15. The molecule has 2 aromatic carbocycles. The van der Waals surface area contributed by atoms with Crippen LogP contribution in [0.5, 0.6) is 17.2 Å². The quantitative estimate of drug-likeness (QED) is 0.337. The molecule has 35 heavy (non-hydrogen) atoms. The minimum atomic E-state index is -0.309. The van der Waals surface area contributed by atoms with E-state index in [1.54, 1.807) is 24.1 Å². The van der Waals surface area contributed by atoms with Crippen LogP contribution in [0.4, 0.5) is 17.1 Å². The molecule has 0 aliphatic carbocycles. The minimum absolute atomic E-state index is 0.0547. The lowest BCUT2D eigenvalue weighted by Crippen LogP contribution is -2.30. The molecule has 0 spiro atoms. The maximum absolute atomic E-state index is 13.6. The molecule has 6 nitrogen and oxygen atoms in total. The van der Waals surface area contributed by atoms with E-state index >= 15 is 0 Å². The Bertz CT molecular complexity index is 1130. The van der Waals surface area contributed by atoms with Gasteiger partial charge in [-0.2, -0.15) is 0 Å². The van der Waals surface area contributed by atoms with Crippen molar-refractivity contribution in [2.75, 3.05) is 23.4 Å². The van der Waals surface area contributed by atoms with Gasteiger partial charge in [-0.05, 0) is 57.6 Å². The Morgan fingerprint density at radius 2 is 1.69 bits per heavy atom. The van der Waals surface area contributed by atoms with Gasteiger partial charge in [-0.25, -0.2) is 0 Å². The Morgan fingerprint density at radius 3 is 2.40 bits per heavy atom. The fourth-order valence-corrected chi connectivity index (χ4v) is 4.53. The molecule has 1 aliphatic heterocycles. The molecule has 188 valence electrons. The number of anilines is 3. The van der Waals surface area contributed by atoms with Crippen LogP contribution in [-0.2, 0) is 0 Å². The second-order valence-electron chi connectivity index (χ2n) is 9.91. The first-order valence-electron chi connectivity index (χ1n) is 12.3. The molecule has 0 fully saturated rings. The second kappa shape index (κ2) is 11.3. The fraction of sp³-hybridized carbons (Fsp3) is 0.414. The lowest BCUT2D eigenvalue weighted by atomic mass is 10.0.